The molecule has 2 fully saturated rings. The molecular weight excluding hydrogens is 314 g/mol. The van der Waals surface area contributed by atoms with Gasteiger partial charge in [-0.3, -0.25) is 0 Å². The summed E-state index contributed by atoms with van der Waals surface area (Å²) in [7, 11) is 4.41. The maximum Gasteiger partial charge on any atom is 0.343 e. The number of likely N-dealkylation sites (tertiary alicyclic amines) is 1. The lowest BCUT2D eigenvalue weighted by Gasteiger charge is -2.38. The van der Waals surface area contributed by atoms with Gasteiger partial charge in [-0.1, -0.05) is 43.2 Å². The summed E-state index contributed by atoms with van der Waals surface area (Å²) in [5.41, 5.74) is -0.826. The van der Waals surface area contributed by atoms with E-state index in [1.54, 1.807) is 0 Å². The van der Waals surface area contributed by atoms with Gasteiger partial charge in [-0.2, -0.15) is 0 Å². The van der Waals surface area contributed by atoms with Crippen molar-refractivity contribution in [1.29, 1.82) is 0 Å². The maximum atomic E-state index is 13.0. The van der Waals surface area contributed by atoms with Gasteiger partial charge in [-0.05, 0) is 18.4 Å². The number of hydrogen-bond acceptors (Lipinski definition) is 3. The number of benzene rings is 1. The van der Waals surface area contributed by atoms with Gasteiger partial charge in [0, 0.05) is 18.8 Å². The van der Waals surface area contributed by atoms with E-state index >= 15 is 0 Å². The predicted octanol–water partition coefficient (Wildman–Crippen LogP) is 3.30. The zero-order valence-electron chi connectivity index (χ0n) is 15.9. The van der Waals surface area contributed by atoms with Crippen LogP contribution in [-0.4, -0.2) is 48.8 Å². The Balaban J connectivity index is 0.00000225. The van der Waals surface area contributed by atoms with Gasteiger partial charge >= 0.3 is 5.97 Å². The molecular formula is C21H33NO3. The SMILES string of the molecule is C[N+]1(C)CCC(OC(=O)C(O)(c2ccccc2)C2CCCC2)CC1.[CH3-]. The number of ether oxygens (including phenoxy) is 1. The number of rotatable bonds is 4. The summed E-state index contributed by atoms with van der Waals surface area (Å²) in [5.74, 6) is -0.485. The van der Waals surface area contributed by atoms with Crippen LogP contribution < -0.4 is 0 Å². The van der Waals surface area contributed by atoms with E-state index < -0.39 is 11.6 Å². The fourth-order valence-corrected chi connectivity index (χ4v) is 4.16. The number of piperidine rings is 1. The van der Waals surface area contributed by atoms with E-state index in [-0.39, 0.29) is 19.4 Å². The molecule has 0 spiro atoms. The van der Waals surface area contributed by atoms with E-state index in [0.29, 0.717) is 5.56 Å². The molecule has 4 nitrogen and oxygen atoms in total. The van der Waals surface area contributed by atoms with Gasteiger partial charge in [0.2, 0.25) is 0 Å². The van der Waals surface area contributed by atoms with Crippen molar-refractivity contribution in [1.82, 2.24) is 0 Å². The summed E-state index contributed by atoms with van der Waals surface area (Å²) in [4.78, 5) is 13.0. The second-order valence-corrected chi connectivity index (χ2v) is 8.10. The Morgan fingerprint density at radius 1 is 1.08 bits per heavy atom. The average Bonchev–Trinajstić information content (AvgIpc) is 3.12. The largest absolute Gasteiger partial charge is 0.460 e. The molecule has 25 heavy (non-hydrogen) atoms. The van der Waals surface area contributed by atoms with E-state index in [0.717, 1.165) is 56.1 Å². The van der Waals surface area contributed by atoms with Crippen molar-refractivity contribution in [3.63, 3.8) is 0 Å². The molecule has 0 aromatic heterocycles. The van der Waals surface area contributed by atoms with Crippen LogP contribution >= 0.6 is 0 Å². The van der Waals surface area contributed by atoms with Crippen molar-refractivity contribution < 1.29 is 19.1 Å². The lowest BCUT2D eigenvalue weighted by atomic mass is 9.80. The van der Waals surface area contributed by atoms with E-state index in [2.05, 4.69) is 14.1 Å². The second-order valence-electron chi connectivity index (χ2n) is 8.10. The van der Waals surface area contributed by atoms with E-state index in [4.69, 9.17) is 4.74 Å². The van der Waals surface area contributed by atoms with Crippen LogP contribution in [0.4, 0.5) is 0 Å². The Morgan fingerprint density at radius 3 is 2.20 bits per heavy atom. The highest BCUT2D eigenvalue weighted by atomic mass is 16.6. The average molecular weight is 347 g/mol. The molecule has 1 heterocycles. The monoisotopic (exact) mass is 347 g/mol. The highest BCUT2D eigenvalue weighted by Crippen LogP contribution is 2.42. The van der Waals surface area contributed by atoms with Crippen molar-refractivity contribution in [3.8, 4) is 0 Å². The number of nitrogens with zero attached hydrogens (tertiary/aromatic N) is 1. The van der Waals surface area contributed by atoms with Crippen molar-refractivity contribution >= 4 is 5.97 Å². The molecule has 3 rings (SSSR count). The van der Waals surface area contributed by atoms with Crippen molar-refractivity contribution in [2.45, 2.75) is 50.2 Å². The molecule has 0 radical (unpaired) electrons. The first-order chi connectivity index (χ1) is 11.4. The molecule has 1 aliphatic carbocycles. The normalized spacial score (nSPS) is 23.5. The third kappa shape index (κ3) is 4.24. The summed E-state index contributed by atoms with van der Waals surface area (Å²) < 4.78 is 6.79. The Labute approximate surface area is 152 Å². The first-order valence-electron chi connectivity index (χ1n) is 9.23. The molecule has 1 saturated heterocycles. The predicted molar refractivity (Wildman–Crippen MR) is 99.7 cm³/mol. The minimum absolute atomic E-state index is 0. The Morgan fingerprint density at radius 2 is 1.64 bits per heavy atom. The fraction of sp³-hybridized carbons (Fsp3) is 0.619. The molecule has 1 saturated carbocycles. The molecule has 0 bridgehead atoms. The number of quaternary nitrogens is 1. The van der Waals surface area contributed by atoms with Crippen LogP contribution in [-0.2, 0) is 15.1 Å². The van der Waals surface area contributed by atoms with Gasteiger partial charge in [0.15, 0.2) is 5.60 Å². The first-order valence-corrected chi connectivity index (χ1v) is 9.23. The second kappa shape index (κ2) is 7.88. The molecule has 1 aromatic carbocycles. The van der Waals surface area contributed by atoms with Gasteiger partial charge in [0.05, 0.1) is 27.2 Å². The Kier molecular flexibility index (Phi) is 6.28. The zero-order valence-corrected chi connectivity index (χ0v) is 15.9. The number of carbonyl (C=O) groups is 1. The van der Waals surface area contributed by atoms with Crippen LogP contribution in [0.2, 0.25) is 0 Å². The van der Waals surface area contributed by atoms with Gasteiger partial charge < -0.3 is 21.8 Å². The van der Waals surface area contributed by atoms with Gasteiger partial charge in [0.1, 0.15) is 6.10 Å². The minimum Gasteiger partial charge on any atom is -0.460 e. The van der Waals surface area contributed by atoms with Crippen LogP contribution in [0.5, 0.6) is 0 Å². The van der Waals surface area contributed by atoms with Crippen molar-refractivity contribution in [3.05, 3.63) is 43.3 Å². The summed E-state index contributed by atoms with van der Waals surface area (Å²) in [6, 6.07) is 9.36. The van der Waals surface area contributed by atoms with Gasteiger partial charge in [-0.25, -0.2) is 4.79 Å². The molecule has 1 unspecified atom stereocenters. The molecule has 1 aromatic rings. The molecule has 0 amide bonds. The van der Waals surface area contributed by atoms with E-state index in [1.807, 2.05) is 30.3 Å². The topological polar surface area (TPSA) is 46.5 Å². The molecule has 140 valence electrons. The van der Waals surface area contributed by atoms with Crippen LogP contribution in [0, 0.1) is 13.3 Å². The minimum atomic E-state index is -1.50. The van der Waals surface area contributed by atoms with E-state index in [9.17, 15) is 9.90 Å². The van der Waals surface area contributed by atoms with Crippen LogP contribution in [0.25, 0.3) is 0 Å². The van der Waals surface area contributed by atoms with Gasteiger partial charge in [0.25, 0.3) is 0 Å². The highest BCUT2D eigenvalue weighted by Gasteiger charge is 2.48. The third-order valence-corrected chi connectivity index (χ3v) is 5.86. The van der Waals surface area contributed by atoms with Crippen LogP contribution in [0.15, 0.2) is 30.3 Å². The number of aliphatic hydroxyl groups is 1. The smallest absolute Gasteiger partial charge is 0.343 e. The van der Waals surface area contributed by atoms with Crippen molar-refractivity contribution in [2.75, 3.05) is 27.2 Å². The molecule has 2 aliphatic rings. The van der Waals surface area contributed by atoms with Crippen LogP contribution in [0.3, 0.4) is 0 Å². The number of esters is 1. The lowest BCUT2D eigenvalue weighted by molar-refractivity contribution is -0.896. The maximum absolute atomic E-state index is 13.0. The van der Waals surface area contributed by atoms with E-state index in [1.165, 1.54) is 0 Å². The Bertz CT molecular complexity index is 556. The number of hydrogen-bond donors (Lipinski definition) is 1. The quantitative estimate of drug-likeness (QED) is 0.516. The van der Waals surface area contributed by atoms with Crippen molar-refractivity contribution in [2.24, 2.45) is 5.92 Å². The zero-order chi connectivity index (χ0) is 17.2. The molecule has 1 aliphatic heterocycles. The summed E-state index contributed by atoms with van der Waals surface area (Å²) in [6.07, 6.45) is 5.58. The highest BCUT2D eigenvalue weighted by molar-refractivity contribution is 5.81. The van der Waals surface area contributed by atoms with Crippen LogP contribution in [0.1, 0.15) is 44.1 Å². The Hall–Kier alpha value is -1.39. The van der Waals surface area contributed by atoms with Gasteiger partial charge in [-0.15, -0.1) is 0 Å². The lowest BCUT2D eigenvalue weighted by Crippen LogP contribution is -2.50. The molecule has 4 heteroatoms. The molecule has 1 N–H and O–H groups in total. The number of carbonyl (C=O) groups excluding carboxylic acids is 1. The summed E-state index contributed by atoms with van der Waals surface area (Å²) in [6.45, 7) is 2.01. The standard InChI is InChI=1S/C20H30NO3.CH3/c1-21(2)14-12-18(13-15-21)24-19(22)20(23,17-10-6-7-11-17)16-8-4-3-5-9-16;/h3-5,8-9,17-18,23H,6-7,10-15H2,1-2H3;1H3/q+1;-1. The summed E-state index contributed by atoms with van der Waals surface area (Å²) in [5, 5.41) is 11.4. The first kappa shape index (κ1) is 19.9. The third-order valence-electron chi connectivity index (χ3n) is 5.86. The summed E-state index contributed by atoms with van der Waals surface area (Å²) >= 11 is 0. The fourth-order valence-electron chi connectivity index (χ4n) is 4.16. The molecule has 1 atom stereocenters.